The third kappa shape index (κ3) is 3.31. The zero-order valence-corrected chi connectivity index (χ0v) is 17.3. The number of pyridine rings is 1. The van der Waals surface area contributed by atoms with Crippen molar-refractivity contribution in [2.45, 2.75) is 20.0 Å². The summed E-state index contributed by atoms with van der Waals surface area (Å²) in [6.07, 6.45) is 2.53. The van der Waals surface area contributed by atoms with Gasteiger partial charge in [-0.25, -0.2) is 0 Å². The first-order valence-corrected chi connectivity index (χ1v) is 10.1. The Balaban J connectivity index is 1.74. The molecule has 0 bridgehead atoms. The van der Waals surface area contributed by atoms with Gasteiger partial charge in [0.15, 0.2) is 0 Å². The molecule has 2 aromatic carbocycles. The van der Waals surface area contributed by atoms with Crippen molar-refractivity contribution in [3.8, 4) is 22.6 Å². The minimum absolute atomic E-state index is 0.0223. The molecule has 0 atom stereocenters. The van der Waals surface area contributed by atoms with Gasteiger partial charge in [0.1, 0.15) is 11.3 Å². The van der Waals surface area contributed by atoms with Gasteiger partial charge in [-0.3, -0.25) is 19.1 Å². The molecule has 0 fully saturated rings. The molecule has 5 aromatic rings. The summed E-state index contributed by atoms with van der Waals surface area (Å²) in [5.41, 5.74) is 4.44. The SMILES string of the molecule is CCc1[nH]nc2cc(-c3ccc4nn(C)cc4c3)c(=O)n(-c3ccc(OC(F)F)cc3)c12. The largest absolute Gasteiger partial charge is 0.435 e. The van der Waals surface area contributed by atoms with E-state index < -0.39 is 6.61 Å². The summed E-state index contributed by atoms with van der Waals surface area (Å²) in [6.45, 7) is -0.951. The maximum Gasteiger partial charge on any atom is 0.387 e. The van der Waals surface area contributed by atoms with Crippen LogP contribution in [0.2, 0.25) is 0 Å². The Hall–Kier alpha value is -4.01. The Kier molecular flexibility index (Phi) is 4.73. The zero-order chi connectivity index (χ0) is 22.4. The van der Waals surface area contributed by atoms with E-state index in [4.69, 9.17) is 0 Å². The lowest BCUT2D eigenvalue weighted by Crippen LogP contribution is -2.21. The smallest absolute Gasteiger partial charge is 0.387 e. The monoisotopic (exact) mass is 435 g/mol. The van der Waals surface area contributed by atoms with Gasteiger partial charge in [-0.1, -0.05) is 13.0 Å². The molecule has 0 aliphatic carbocycles. The Morgan fingerprint density at radius 1 is 1.09 bits per heavy atom. The van der Waals surface area contributed by atoms with Gasteiger partial charge in [-0.15, -0.1) is 0 Å². The second-order valence-corrected chi connectivity index (χ2v) is 7.44. The molecule has 0 aliphatic heterocycles. The predicted octanol–water partition coefficient (Wildman–Crippen LogP) is 4.43. The van der Waals surface area contributed by atoms with E-state index in [9.17, 15) is 13.6 Å². The Morgan fingerprint density at radius 3 is 2.59 bits per heavy atom. The lowest BCUT2D eigenvalue weighted by Gasteiger charge is -2.13. The Bertz CT molecular complexity index is 1500. The van der Waals surface area contributed by atoms with Crippen LogP contribution in [0.3, 0.4) is 0 Å². The van der Waals surface area contributed by atoms with Crippen LogP contribution in [0.5, 0.6) is 5.75 Å². The number of nitrogens with zero attached hydrogens (tertiary/aromatic N) is 4. The standard InChI is InChI=1S/C23H19F2N5O2/c1-3-18-21-20(27-26-18)11-17(13-4-9-19-14(10-13)12-29(2)28-19)22(31)30(21)15-5-7-16(8-6-15)32-23(24)25/h4-12,23H,3H2,1-2H3,(H,26,27). The van der Waals surface area contributed by atoms with E-state index in [2.05, 4.69) is 20.0 Å². The van der Waals surface area contributed by atoms with Gasteiger partial charge < -0.3 is 4.74 Å². The molecule has 0 saturated heterocycles. The van der Waals surface area contributed by atoms with E-state index in [-0.39, 0.29) is 11.3 Å². The number of aromatic amines is 1. The van der Waals surface area contributed by atoms with Crippen molar-refractivity contribution >= 4 is 21.9 Å². The number of ether oxygens (including phenoxy) is 1. The summed E-state index contributed by atoms with van der Waals surface area (Å²) in [7, 11) is 1.84. The molecule has 3 heterocycles. The van der Waals surface area contributed by atoms with E-state index >= 15 is 0 Å². The summed E-state index contributed by atoms with van der Waals surface area (Å²) in [5.74, 6) is 0.0223. The van der Waals surface area contributed by atoms with Crippen molar-refractivity contribution in [2.75, 3.05) is 0 Å². The van der Waals surface area contributed by atoms with Gasteiger partial charge in [0.25, 0.3) is 5.56 Å². The van der Waals surface area contributed by atoms with E-state index in [1.807, 2.05) is 38.4 Å². The average Bonchev–Trinajstić information content (AvgIpc) is 3.35. The number of benzene rings is 2. The third-order valence-electron chi connectivity index (χ3n) is 5.38. The molecular formula is C23H19F2N5O2. The molecule has 5 rings (SSSR count). The molecule has 0 amide bonds. The third-order valence-corrected chi connectivity index (χ3v) is 5.38. The molecule has 0 spiro atoms. The number of hydrogen-bond acceptors (Lipinski definition) is 4. The highest BCUT2D eigenvalue weighted by atomic mass is 19.3. The van der Waals surface area contributed by atoms with Crippen LogP contribution in [0.1, 0.15) is 12.6 Å². The van der Waals surface area contributed by atoms with Crippen LogP contribution >= 0.6 is 0 Å². The highest BCUT2D eigenvalue weighted by Crippen LogP contribution is 2.27. The minimum atomic E-state index is -2.92. The predicted molar refractivity (Wildman–Crippen MR) is 117 cm³/mol. The highest BCUT2D eigenvalue weighted by molar-refractivity contribution is 5.88. The van der Waals surface area contributed by atoms with Crippen molar-refractivity contribution in [1.82, 2.24) is 24.5 Å². The van der Waals surface area contributed by atoms with E-state index in [1.54, 1.807) is 27.4 Å². The molecule has 0 unspecified atom stereocenters. The molecular weight excluding hydrogens is 416 g/mol. The summed E-state index contributed by atoms with van der Waals surface area (Å²) in [6, 6.07) is 13.4. The lowest BCUT2D eigenvalue weighted by atomic mass is 10.0. The van der Waals surface area contributed by atoms with E-state index in [0.717, 1.165) is 22.2 Å². The summed E-state index contributed by atoms with van der Waals surface area (Å²) < 4.78 is 32.8. The van der Waals surface area contributed by atoms with Gasteiger partial charge in [-0.05, 0) is 54.4 Å². The summed E-state index contributed by atoms with van der Waals surface area (Å²) in [5, 5.41) is 12.7. The van der Waals surface area contributed by atoms with Crippen LogP contribution in [-0.2, 0) is 13.5 Å². The fraction of sp³-hybridized carbons (Fsp3) is 0.174. The zero-order valence-electron chi connectivity index (χ0n) is 17.3. The maximum absolute atomic E-state index is 13.7. The van der Waals surface area contributed by atoms with Crippen molar-refractivity contribution in [3.05, 3.63) is 70.8 Å². The first kappa shape index (κ1) is 19.9. The number of halogens is 2. The van der Waals surface area contributed by atoms with Crippen LogP contribution in [-0.4, -0.2) is 31.2 Å². The van der Waals surface area contributed by atoms with Crippen molar-refractivity contribution in [3.63, 3.8) is 0 Å². The van der Waals surface area contributed by atoms with Crippen molar-refractivity contribution in [1.29, 1.82) is 0 Å². The molecule has 7 nitrogen and oxygen atoms in total. The number of aryl methyl sites for hydroxylation is 2. The Labute approximate surface area is 180 Å². The minimum Gasteiger partial charge on any atom is -0.435 e. The molecule has 1 N–H and O–H groups in total. The lowest BCUT2D eigenvalue weighted by molar-refractivity contribution is -0.0498. The number of aromatic nitrogens is 5. The molecule has 162 valence electrons. The quantitative estimate of drug-likeness (QED) is 0.443. The average molecular weight is 435 g/mol. The number of fused-ring (bicyclic) bond motifs is 2. The van der Waals surface area contributed by atoms with Crippen LogP contribution in [0.25, 0.3) is 38.8 Å². The van der Waals surface area contributed by atoms with Gasteiger partial charge in [-0.2, -0.15) is 19.0 Å². The fourth-order valence-electron chi connectivity index (χ4n) is 3.95. The van der Waals surface area contributed by atoms with Gasteiger partial charge in [0.05, 0.1) is 16.7 Å². The number of H-pyrrole nitrogens is 1. The molecule has 0 saturated carbocycles. The van der Waals surface area contributed by atoms with Crippen LogP contribution in [0.4, 0.5) is 8.78 Å². The number of rotatable bonds is 5. The number of nitrogens with one attached hydrogen (secondary N) is 1. The molecule has 0 aliphatic rings. The second kappa shape index (κ2) is 7.60. The van der Waals surface area contributed by atoms with Gasteiger partial charge in [0, 0.05) is 29.9 Å². The van der Waals surface area contributed by atoms with E-state index in [1.165, 1.54) is 12.1 Å². The van der Waals surface area contributed by atoms with Crippen LogP contribution < -0.4 is 10.3 Å². The van der Waals surface area contributed by atoms with Crippen LogP contribution in [0, 0.1) is 0 Å². The van der Waals surface area contributed by atoms with E-state index in [0.29, 0.717) is 28.7 Å². The molecule has 32 heavy (non-hydrogen) atoms. The molecule has 0 radical (unpaired) electrons. The maximum atomic E-state index is 13.7. The first-order valence-electron chi connectivity index (χ1n) is 10.1. The number of hydrogen-bond donors (Lipinski definition) is 1. The first-order chi connectivity index (χ1) is 15.4. The van der Waals surface area contributed by atoms with Crippen molar-refractivity contribution in [2.24, 2.45) is 7.05 Å². The van der Waals surface area contributed by atoms with Gasteiger partial charge >= 0.3 is 6.61 Å². The number of alkyl halides is 2. The highest BCUT2D eigenvalue weighted by Gasteiger charge is 2.18. The second-order valence-electron chi connectivity index (χ2n) is 7.44. The van der Waals surface area contributed by atoms with Gasteiger partial charge in [0.2, 0.25) is 0 Å². The van der Waals surface area contributed by atoms with Crippen LogP contribution in [0.15, 0.2) is 59.5 Å². The summed E-state index contributed by atoms with van der Waals surface area (Å²) in [4.78, 5) is 13.7. The molecule has 3 aromatic heterocycles. The van der Waals surface area contributed by atoms with Crippen molar-refractivity contribution < 1.29 is 13.5 Å². The Morgan fingerprint density at radius 2 is 1.88 bits per heavy atom. The fourth-order valence-corrected chi connectivity index (χ4v) is 3.95. The normalized spacial score (nSPS) is 11.7. The summed E-state index contributed by atoms with van der Waals surface area (Å²) >= 11 is 0. The molecule has 9 heteroatoms. The topological polar surface area (TPSA) is 77.7 Å².